The maximum absolute atomic E-state index is 12.0. The zero-order valence-corrected chi connectivity index (χ0v) is 13.5. The molecule has 2 aliphatic heterocycles. The number of likely N-dealkylation sites (tertiary alicyclic amines) is 1. The number of rotatable bonds is 6. The van der Waals surface area contributed by atoms with E-state index in [-0.39, 0.29) is 18.1 Å². The van der Waals surface area contributed by atoms with Crippen LogP contribution in [-0.4, -0.2) is 60.8 Å². The van der Waals surface area contributed by atoms with E-state index in [1.165, 1.54) is 25.8 Å². The minimum Gasteiger partial charge on any atom is -0.392 e. The molecule has 0 aromatic carbocycles. The Hall–Kier alpha value is -0.650. The molecule has 5 heteroatoms. The van der Waals surface area contributed by atoms with Gasteiger partial charge >= 0.3 is 0 Å². The highest BCUT2D eigenvalue weighted by Crippen LogP contribution is 2.17. The predicted molar refractivity (Wildman–Crippen MR) is 84.0 cm³/mol. The van der Waals surface area contributed by atoms with E-state index in [9.17, 15) is 9.90 Å². The summed E-state index contributed by atoms with van der Waals surface area (Å²) < 4.78 is 0. The van der Waals surface area contributed by atoms with Crippen molar-refractivity contribution in [3.05, 3.63) is 0 Å². The van der Waals surface area contributed by atoms with Gasteiger partial charge in [-0.1, -0.05) is 13.8 Å². The summed E-state index contributed by atoms with van der Waals surface area (Å²) in [6, 6.07) is -0.203. The third-order valence-corrected chi connectivity index (χ3v) is 4.72. The van der Waals surface area contributed by atoms with Crippen molar-refractivity contribution in [2.75, 3.05) is 32.7 Å². The molecule has 2 fully saturated rings. The summed E-state index contributed by atoms with van der Waals surface area (Å²) in [6.45, 7) is 9.39. The molecule has 2 aliphatic rings. The zero-order chi connectivity index (χ0) is 15.2. The first-order chi connectivity index (χ1) is 10.0. The molecule has 0 spiro atoms. The number of hydrogen-bond acceptors (Lipinski definition) is 4. The Kier molecular flexibility index (Phi) is 6.45. The van der Waals surface area contributed by atoms with Crippen molar-refractivity contribution in [3.8, 4) is 0 Å². The number of hydrogen-bond donors (Lipinski definition) is 3. The first-order valence-electron chi connectivity index (χ1n) is 8.46. The molecule has 0 radical (unpaired) electrons. The zero-order valence-electron chi connectivity index (χ0n) is 13.5. The second kappa shape index (κ2) is 8.11. The van der Waals surface area contributed by atoms with Gasteiger partial charge in [-0.25, -0.2) is 0 Å². The maximum Gasteiger partial charge on any atom is 0.237 e. The van der Waals surface area contributed by atoms with Crippen LogP contribution in [0.3, 0.4) is 0 Å². The number of nitrogens with zero attached hydrogens (tertiary/aromatic N) is 1. The fourth-order valence-corrected chi connectivity index (χ4v) is 3.14. The van der Waals surface area contributed by atoms with Gasteiger partial charge in [-0.15, -0.1) is 0 Å². The van der Waals surface area contributed by atoms with Crippen molar-refractivity contribution in [3.63, 3.8) is 0 Å². The van der Waals surface area contributed by atoms with Crippen molar-refractivity contribution in [2.45, 2.75) is 51.7 Å². The smallest absolute Gasteiger partial charge is 0.237 e. The molecular weight excluding hydrogens is 266 g/mol. The summed E-state index contributed by atoms with van der Waals surface area (Å²) in [5.41, 5.74) is 0. The number of piperidine rings is 1. The lowest BCUT2D eigenvalue weighted by Gasteiger charge is -2.32. The monoisotopic (exact) mass is 297 g/mol. The summed E-state index contributed by atoms with van der Waals surface area (Å²) in [4.78, 5) is 14.5. The molecule has 0 aromatic heterocycles. The quantitative estimate of drug-likeness (QED) is 0.671. The van der Waals surface area contributed by atoms with E-state index in [1.54, 1.807) is 0 Å². The standard InChI is InChI=1S/C16H31N3O2/c1-12(2)3-6-19-7-4-13(5-8-19)10-18-16(21)15-9-14(20)11-17-15/h12-15,17,20H,3-11H2,1-2H3,(H,18,21). The Balaban J connectivity index is 1.59. The maximum atomic E-state index is 12.0. The molecule has 0 aromatic rings. The highest BCUT2D eigenvalue weighted by atomic mass is 16.3. The summed E-state index contributed by atoms with van der Waals surface area (Å²) in [7, 11) is 0. The van der Waals surface area contributed by atoms with Crippen LogP contribution in [0, 0.1) is 11.8 Å². The number of nitrogens with one attached hydrogen (secondary N) is 2. The molecule has 2 saturated heterocycles. The highest BCUT2D eigenvalue weighted by Gasteiger charge is 2.28. The van der Waals surface area contributed by atoms with Gasteiger partial charge in [-0.3, -0.25) is 4.79 Å². The van der Waals surface area contributed by atoms with E-state index < -0.39 is 0 Å². The summed E-state index contributed by atoms with van der Waals surface area (Å²) in [5.74, 6) is 1.43. The third-order valence-electron chi connectivity index (χ3n) is 4.72. The molecule has 3 N–H and O–H groups in total. The molecule has 21 heavy (non-hydrogen) atoms. The fourth-order valence-electron chi connectivity index (χ4n) is 3.14. The van der Waals surface area contributed by atoms with Crippen LogP contribution in [0.2, 0.25) is 0 Å². The van der Waals surface area contributed by atoms with E-state index >= 15 is 0 Å². The molecule has 0 saturated carbocycles. The minimum absolute atomic E-state index is 0.0498. The van der Waals surface area contributed by atoms with Gasteiger partial charge in [-0.2, -0.15) is 0 Å². The van der Waals surface area contributed by atoms with Gasteiger partial charge in [0.05, 0.1) is 12.1 Å². The topological polar surface area (TPSA) is 64.6 Å². The van der Waals surface area contributed by atoms with Crippen molar-refractivity contribution < 1.29 is 9.90 Å². The number of aliphatic hydroxyl groups excluding tert-OH is 1. The molecule has 0 bridgehead atoms. The van der Waals surface area contributed by atoms with Crippen LogP contribution in [0.5, 0.6) is 0 Å². The van der Waals surface area contributed by atoms with Gasteiger partial charge in [0.25, 0.3) is 0 Å². The first-order valence-corrected chi connectivity index (χ1v) is 8.46. The molecular formula is C16H31N3O2. The SMILES string of the molecule is CC(C)CCN1CCC(CNC(=O)C2CC(O)CN2)CC1. The van der Waals surface area contributed by atoms with Crippen LogP contribution < -0.4 is 10.6 Å². The van der Waals surface area contributed by atoms with Crippen molar-refractivity contribution >= 4 is 5.91 Å². The second-order valence-electron chi connectivity index (χ2n) is 7.06. The number of amides is 1. The molecule has 0 aliphatic carbocycles. The molecule has 2 heterocycles. The Morgan fingerprint density at radius 1 is 1.38 bits per heavy atom. The van der Waals surface area contributed by atoms with E-state index in [0.29, 0.717) is 18.9 Å². The summed E-state index contributed by atoms with van der Waals surface area (Å²) >= 11 is 0. The Bertz CT molecular complexity index is 327. The average Bonchev–Trinajstić information content (AvgIpc) is 2.90. The summed E-state index contributed by atoms with van der Waals surface area (Å²) in [6.07, 6.45) is 3.80. The predicted octanol–water partition coefficient (Wildman–Crippen LogP) is 0.584. The molecule has 122 valence electrons. The summed E-state index contributed by atoms with van der Waals surface area (Å²) in [5, 5.41) is 15.5. The van der Waals surface area contributed by atoms with Gasteiger partial charge in [0.1, 0.15) is 0 Å². The lowest BCUT2D eigenvalue weighted by Crippen LogP contribution is -2.44. The average molecular weight is 297 g/mol. The molecule has 1 amide bonds. The second-order valence-corrected chi connectivity index (χ2v) is 7.06. The van der Waals surface area contributed by atoms with Gasteiger partial charge in [0.2, 0.25) is 5.91 Å². The van der Waals surface area contributed by atoms with Crippen LogP contribution in [0.4, 0.5) is 0 Å². The Labute approximate surface area is 128 Å². The largest absolute Gasteiger partial charge is 0.392 e. The van der Waals surface area contributed by atoms with E-state index in [2.05, 4.69) is 29.4 Å². The molecule has 2 atom stereocenters. The van der Waals surface area contributed by atoms with Crippen LogP contribution in [0.15, 0.2) is 0 Å². The van der Waals surface area contributed by atoms with Crippen molar-refractivity contribution in [2.24, 2.45) is 11.8 Å². The lowest BCUT2D eigenvalue weighted by molar-refractivity contribution is -0.123. The van der Waals surface area contributed by atoms with E-state index in [1.807, 2.05) is 0 Å². The highest BCUT2D eigenvalue weighted by molar-refractivity contribution is 5.82. The van der Waals surface area contributed by atoms with Gasteiger partial charge in [0.15, 0.2) is 0 Å². The van der Waals surface area contributed by atoms with E-state index in [0.717, 1.165) is 25.6 Å². The molecule has 2 unspecified atom stereocenters. The number of carbonyl (C=O) groups excluding carboxylic acids is 1. The van der Waals surface area contributed by atoms with Crippen molar-refractivity contribution in [1.29, 1.82) is 0 Å². The van der Waals surface area contributed by atoms with Gasteiger partial charge in [0, 0.05) is 13.1 Å². The van der Waals surface area contributed by atoms with Crippen LogP contribution >= 0.6 is 0 Å². The van der Waals surface area contributed by atoms with Crippen molar-refractivity contribution in [1.82, 2.24) is 15.5 Å². The fraction of sp³-hybridized carbons (Fsp3) is 0.938. The first kappa shape index (κ1) is 16.7. The molecule has 5 nitrogen and oxygen atoms in total. The third kappa shape index (κ3) is 5.57. The van der Waals surface area contributed by atoms with Gasteiger partial charge < -0.3 is 20.6 Å². The molecule has 2 rings (SSSR count). The van der Waals surface area contributed by atoms with Crippen LogP contribution in [0.25, 0.3) is 0 Å². The van der Waals surface area contributed by atoms with Gasteiger partial charge in [-0.05, 0) is 57.2 Å². The number of carbonyl (C=O) groups is 1. The Morgan fingerprint density at radius 3 is 2.67 bits per heavy atom. The van der Waals surface area contributed by atoms with E-state index in [4.69, 9.17) is 0 Å². The normalized spacial score (nSPS) is 28.2. The lowest BCUT2D eigenvalue weighted by atomic mass is 9.96. The number of aliphatic hydroxyl groups is 1. The Morgan fingerprint density at radius 2 is 2.10 bits per heavy atom. The van der Waals surface area contributed by atoms with Crippen LogP contribution in [0.1, 0.15) is 39.5 Å². The minimum atomic E-state index is -0.370. The number of β-amino-alcohol motifs (C(OH)–C–C–N with tert-alkyl or cyclic N) is 1. The van der Waals surface area contributed by atoms with Crippen LogP contribution in [-0.2, 0) is 4.79 Å².